The summed E-state index contributed by atoms with van der Waals surface area (Å²) in [6, 6.07) is 4.09. The van der Waals surface area contributed by atoms with Crippen molar-refractivity contribution >= 4 is 15.9 Å². The van der Waals surface area contributed by atoms with Crippen molar-refractivity contribution in [3.63, 3.8) is 0 Å². The van der Waals surface area contributed by atoms with Crippen LogP contribution in [-0.2, 0) is 6.54 Å². The SMILES string of the molecule is CC1CCN(CCNCc2ccc(Br)cn2)CC1. The number of hydrogen-bond donors (Lipinski definition) is 1. The van der Waals surface area contributed by atoms with Crippen molar-refractivity contribution in [2.75, 3.05) is 26.2 Å². The van der Waals surface area contributed by atoms with Crippen LogP contribution < -0.4 is 5.32 Å². The van der Waals surface area contributed by atoms with Gasteiger partial charge >= 0.3 is 0 Å². The summed E-state index contributed by atoms with van der Waals surface area (Å²) in [7, 11) is 0. The molecule has 0 radical (unpaired) electrons. The molecule has 0 spiro atoms. The van der Waals surface area contributed by atoms with Gasteiger partial charge in [-0.1, -0.05) is 6.92 Å². The summed E-state index contributed by atoms with van der Waals surface area (Å²) in [5.41, 5.74) is 1.10. The highest BCUT2D eigenvalue weighted by molar-refractivity contribution is 9.10. The van der Waals surface area contributed by atoms with E-state index in [1.807, 2.05) is 12.3 Å². The molecule has 1 fully saturated rings. The number of aromatic nitrogens is 1. The summed E-state index contributed by atoms with van der Waals surface area (Å²) in [4.78, 5) is 6.91. The summed E-state index contributed by atoms with van der Waals surface area (Å²) >= 11 is 3.39. The molecule has 0 aliphatic carbocycles. The van der Waals surface area contributed by atoms with Gasteiger partial charge in [0.2, 0.25) is 0 Å². The largest absolute Gasteiger partial charge is 0.310 e. The van der Waals surface area contributed by atoms with Gasteiger partial charge in [-0.2, -0.15) is 0 Å². The fraction of sp³-hybridized carbons (Fsp3) is 0.643. The molecule has 3 nitrogen and oxygen atoms in total. The maximum Gasteiger partial charge on any atom is 0.0542 e. The zero-order valence-electron chi connectivity index (χ0n) is 11.0. The van der Waals surface area contributed by atoms with E-state index in [-0.39, 0.29) is 0 Å². The molecule has 1 aromatic rings. The summed E-state index contributed by atoms with van der Waals surface area (Å²) < 4.78 is 1.04. The van der Waals surface area contributed by atoms with Gasteiger partial charge in [-0.15, -0.1) is 0 Å². The highest BCUT2D eigenvalue weighted by Gasteiger charge is 2.14. The topological polar surface area (TPSA) is 28.2 Å². The fourth-order valence-electron chi connectivity index (χ4n) is 2.25. The van der Waals surface area contributed by atoms with Crippen LogP contribution in [-0.4, -0.2) is 36.1 Å². The van der Waals surface area contributed by atoms with Crippen LogP contribution in [0.5, 0.6) is 0 Å². The highest BCUT2D eigenvalue weighted by Crippen LogP contribution is 2.15. The van der Waals surface area contributed by atoms with Gasteiger partial charge in [0.25, 0.3) is 0 Å². The van der Waals surface area contributed by atoms with Crippen LogP contribution >= 0.6 is 15.9 Å². The van der Waals surface area contributed by atoms with E-state index in [0.717, 1.165) is 35.7 Å². The number of pyridine rings is 1. The molecule has 1 saturated heterocycles. The molecular formula is C14H22BrN3. The first-order chi connectivity index (χ1) is 8.74. The number of rotatable bonds is 5. The van der Waals surface area contributed by atoms with Gasteiger partial charge in [0, 0.05) is 30.3 Å². The minimum absolute atomic E-state index is 0.859. The zero-order valence-corrected chi connectivity index (χ0v) is 12.6. The maximum absolute atomic E-state index is 4.35. The summed E-state index contributed by atoms with van der Waals surface area (Å²) in [5, 5.41) is 3.46. The Morgan fingerprint density at radius 1 is 1.39 bits per heavy atom. The van der Waals surface area contributed by atoms with E-state index in [4.69, 9.17) is 0 Å². The predicted octanol–water partition coefficient (Wildman–Crippen LogP) is 2.67. The fourth-order valence-corrected chi connectivity index (χ4v) is 2.48. The Kier molecular flexibility index (Phi) is 5.60. The van der Waals surface area contributed by atoms with Gasteiger partial charge in [-0.3, -0.25) is 4.98 Å². The van der Waals surface area contributed by atoms with Crippen molar-refractivity contribution in [1.82, 2.24) is 15.2 Å². The van der Waals surface area contributed by atoms with Crippen LogP contribution in [0.4, 0.5) is 0 Å². The first-order valence-corrected chi connectivity index (χ1v) is 7.57. The molecule has 0 atom stereocenters. The Bertz CT molecular complexity index is 345. The van der Waals surface area contributed by atoms with E-state index in [9.17, 15) is 0 Å². The molecule has 1 aliphatic rings. The second-order valence-corrected chi connectivity index (χ2v) is 6.08. The molecule has 0 unspecified atom stereocenters. The van der Waals surface area contributed by atoms with Crippen molar-refractivity contribution in [2.24, 2.45) is 5.92 Å². The molecule has 0 aromatic carbocycles. The first-order valence-electron chi connectivity index (χ1n) is 6.77. The van der Waals surface area contributed by atoms with Crippen LogP contribution in [0.25, 0.3) is 0 Å². The quantitative estimate of drug-likeness (QED) is 0.847. The Morgan fingerprint density at radius 2 is 2.17 bits per heavy atom. The Hall–Kier alpha value is -0.450. The third kappa shape index (κ3) is 4.67. The van der Waals surface area contributed by atoms with E-state index >= 15 is 0 Å². The molecular weight excluding hydrogens is 290 g/mol. The molecule has 2 rings (SSSR count). The van der Waals surface area contributed by atoms with E-state index in [2.05, 4.69) is 44.1 Å². The van der Waals surface area contributed by atoms with Crippen LogP contribution in [0.3, 0.4) is 0 Å². The lowest BCUT2D eigenvalue weighted by molar-refractivity contribution is 0.193. The van der Waals surface area contributed by atoms with Crippen molar-refractivity contribution in [3.05, 3.63) is 28.5 Å². The third-order valence-electron chi connectivity index (χ3n) is 3.58. The molecule has 2 heterocycles. The average molecular weight is 312 g/mol. The second-order valence-electron chi connectivity index (χ2n) is 5.17. The van der Waals surface area contributed by atoms with Crippen LogP contribution in [0.2, 0.25) is 0 Å². The van der Waals surface area contributed by atoms with E-state index < -0.39 is 0 Å². The minimum Gasteiger partial charge on any atom is -0.310 e. The zero-order chi connectivity index (χ0) is 12.8. The Labute approximate surface area is 118 Å². The van der Waals surface area contributed by atoms with Crippen molar-refractivity contribution < 1.29 is 0 Å². The standard InChI is InChI=1S/C14H22BrN3/c1-12-4-7-18(8-5-12)9-6-16-11-14-3-2-13(15)10-17-14/h2-3,10,12,16H,4-9,11H2,1H3. The normalized spacial score (nSPS) is 18.1. The lowest BCUT2D eigenvalue weighted by atomic mass is 9.99. The molecule has 18 heavy (non-hydrogen) atoms. The monoisotopic (exact) mass is 311 g/mol. The Balaban J connectivity index is 1.60. The smallest absolute Gasteiger partial charge is 0.0542 e. The minimum atomic E-state index is 0.859. The van der Waals surface area contributed by atoms with E-state index in [1.165, 1.54) is 25.9 Å². The average Bonchev–Trinajstić information content (AvgIpc) is 2.39. The molecule has 100 valence electrons. The van der Waals surface area contributed by atoms with Crippen molar-refractivity contribution in [3.8, 4) is 0 Å². The summed E-state index contributed by atoms with van der Waals surface area (Å²) in [6.45, 7) is 7.94. The number of piperidine rings is 1. The third-order valence-corrected chi connectivity index (χ3v) is 4.04. The number of likely N-dealkylation sites (tertiary alicyclic amines) is 1. The molecule has 4 heteroatoms. The van der Waals surface area contributed by atoms with E-state index in [0.29, 0.717) is 0 Å². The highest BCUT2D eigenvalue weighted by atomic mass is 79.9. The van der Waals surface area contributed by atoms with Gasteiger partial charge in [-0.05, 0) is 59.9 Å². The van der Waals surface area contributed by atoms with Gasteiger partial charge in [-0.25, -0.2) is 0 Å². The number of hydrogen-bond acceptors (Lipinski definition) is 3. The van der Waals surface area contributed by atoms with E-state index in [1.54, 1.807) is 0 Å². The Morgan fingerprint density at radius 3 is 2.83 bits per heavy atom. The second kappa shape index (κ2) is 7.22. The molecule has 1 aromatic heterocycles. The molecule has 0 amide bonds. The number of nitrogens with one attached hydrogen (secondary N) is 1. The first kappa shape index (κ1) is 14.0. The van der Waals surface area contributed by atoms with Crippen molar-refractivity contribution in [2.45, 2.75) is 26.3 Å². The lowest BCUT2D eigenvalue weighted by Gasteiger charge is -2.30. The molecule has 1 N–H and O–H groups in total. The van der Waals surface area contributed by atoms with Crippen LogP contribution in [0.15, 0.2) is 22.8 Å². The van der Waals surface area contributed by atoms with Gasteiger partial charge in [0.05, 0.1) is 5.69 Å². The molecule has 0 saturated carbocycles. The maximum atomic E-state index is 4.35. The number of halogens is 1. The summed E-state index contributed by atoms with van der Waals surface area (Å²) in [6.07, 6.45) is 4.56. The van der Waals surface area contributed by atoms with Crippen LogP contribution in [0.1, 0.15) is 25.5 Å². The molecule has 1 aliphatic heterocycles. The van der Waals surface area contributed by atoms with Crippen LogP contribution in [0, 0.1) is 5.92 Å². The van der Waals surface area contributed by atoms with Gasteiger partial charge < -0.3 is 10.2 Å². The molecule has 0 bridgehead atoms. The van der Waals surface area contributed by atoms with Gasteiger partial charge in [0.15, 0.2) is 0 Å². The number of nitrogens with zero attached hydrogens (tertiary/aromatic N) is 2. The van der Waals surface area contributed by atoms with Crippen molar-refractivity contribution in [1.29, 1.82) is 0 Å². The predicted molar refractivity (Wildman–Crippen MR) is 78.5 cm³/mol. The summed E-state index contributed by atoms with van der Waals surface area (Å²) in [5.74, 6) is 0.918. The lowest BCUT2D eigenvalue weighted by Crippen LogP contribution is -2.37. The van der Waals surface area contributed by atoms with Gasteiger partial charge in [0.1, 0.15) is 0 Å².